The minimum Gasteiger partial charge on any atom is -0.497 e. The molecule has 154 valence electrons. The summed E-state index contributed by atoms with van der Waals surface area (Å²) in [6.45, 7) is 4.23. The predicted octanol–water partition coefficient (Wildman–Crippen LogP) is 3.69. The Labute approximate surface area is 181 Å². The van der Waals surface area contributed by atoms with Crippen LogP contribution in [0.1, 0.15) is 22.3 Å². The Morgan fingerprint density at radius 3 is 2.79 bits per heavy atom. The van der Waals surface area contributed by atoms with Gasteiger partial charge in [-0.25, -0.2) is 4.98 Å². The molecule has 8 heteroatoms. The first kappa shape index (κ1) is 21.5. The van der Waals surface area contributed by atoms with Crippen molar-refractivity contribution in [1.82, 2.24) is 20.2 Å². The van der Waals surface area contributed by atoms with Crippen molar-refractivity contribution in [2.45, 2.75) is 19.2 Å². The summed E-state index contributed by atoms with van der Waals surface area (Å²) < 4.78 is 11.0. The van der Waals surface area contributed by atoms with Gasteiger partial charge in [0.15, 0.2) is 0 Å². The highest BCUT2D eigenvalue weighted by molar-refractivity contribution is 7.09. The Hall–Kier alpha value is -2.19. The fraction of sp³-hybridized carbons (Fsp3) is 0.333. The molecular formula is C21H25ClN4O2S. The number of halogens is 1. The van der Waals surface area contributed by atoms with E-state index >= 15 is 0 Å². The number of pyridine rings is 1. The lowest BCUT2D eigenvalue weighted by atomic mass is 10.1. The summed E-state index contributed by atoms with van der Waals surface area (Å²) in [6, 6.07) is 12.1. The van der Waals surface area contributed by atoms with Crippen molar-refractivity contribution in [1.29, 1.82) is 0 Å². The molecule has 0 aliphatic carbocycles. The van der Waals surface area contributed by atoms with Crippen molar-refractivity contribution in [2.24, 2.45) is 0 Å². The summed E-state index contributed by atoms with van der Waals surface area (Å²) >= 11 is 1.65. The highest BCUT2D eigenvalue weighted by atomic mass is 35.5. The summed E-state index contributed by atoms with van der Waals surface area (Å²) in [5.41, 5.74) is 2.34. The van der Waals surface area contributed by atoms with E-state index in [0.717, 1.165) is 48.4 Å². The van der Waals surface area contributed by atoms with Crippen molar-refractivity contribution < 1.29 is 9.47 Å². The third-order valence-corrected chi connectivity index (χ3v) is 5.68. The third kappa shape index (κ3) is 5.67. The predicted molar refractivity (Wildman–Crippen MR) is 117 cm³/mol. The zero-order valence-electron chi connectivity index (χ0n) is 16.3. The van der Waals surface area contributed by atoms with Crippen LogP contribution in [0.3, 0.4) is 0 Å². The topological polar surface area (TPSA) is 59.5 Å². The van der Waals surface area contributed by atoms with E-state index in [1.165, 1.54) is 5.56 Å². The van der Waals surface area contributed by atoms with E-state index in [9.17, 15) is 0 Å². The SMILES string of the molecule is COc1ccc(OCc2nc(CN3CCNCC3c3cccnc3)cs2)cc1.Cl. The largest absolute Gasteiger partial charge is 0.497 e. The quantitative estimate of drug-likeness (QED) is 0.614. The van der Waals surface area contributed by atoms with Gasteiger partial charge in [-0.3, -0.25) is 9.88 Å². The highest BCUT2D eigenvalue weighted by Crippen LogP contribution is 2.24. The number of rotatable bonds is 7. The molecule has 6 nitrogen and oxygen atoms in total. The number of benzene rings is 1. The molecule has 1 saturated heterocycles. The van der Waals surface area contributed by atoms with Crippen LogP contribution in [0.5, 0.6) is 11.5 Å². The van der Waals surface area contributed by atoms with Gasteiger partial charge in [0, 0.05) is 50.0 Å². The van der Waals surface area contributed by atoms with Crippen LogP contribution in [0.4, 0.5) is 0 Å². The molecule has 1 aliphatic heterocycles. The molecule has 0 amide bonds. The van der Waals surface area contributed by atoms with Gasteiger partial charge in [-0.15, -0.1) is 23.7 Å². The number of piperazine rings is 1. The van der Waals surface area contributed by atoms with Crippen LogP contribution in [0.15, 0.2) is 54.2 Å². The molecule has 0 saturated carbocycles. The minimum absolute atomic E-state index is 0. The van der Waals surface area contributed by atoms with E-state index in [0.29, 0.717) is 12.6 Å². The Balaban J connectivity index is 0.00000240. The maximum Gasteiger partial charge on any atom is 0.140 e. The number of ether oxygens (including phenoxy) is 2. The second-order valence-corrected chi connectivity index (χ2v) is 7.62. The Morgan fingerprint density at radius 1 is 1.21 bits per heavy atom. The summed E-state index contributed by atoms with van der Waals surface area (Å²) in [5.74, 6) is 1.64. The summed E-state index contributed by atoms with van der Waals surface area (Å²) in [6.07, 6.45) is 3.78. The van der Waals surface area contributed by atoms with Crippen molar-refractivity contribution >= 4 is 23.7 Å². The number of nitrogens with one attached hydrogen (secondary N) is 1. The number of nitrogens with zero attached hydrogens (tertiary/aromatic N) is 3. The molecule has 1 N–H and O–H groups in total. The molecule has 1 atom stereocenters. The lowest BCUT2D eigenvalue weighted by molar-refractivity contribution is 0.152. The van der Waals surface area contributed by atoms with Gasteiger partial charge < -0.3 is 14.8 Å². The van der Waals surface area contributed by atoms with Crippen LogP contribution in [0.2, 0.25) is 0 Å². The van der Waals surface area contributed by atoms with E-state index in [2.05, 4.69) is 26.6 Å². The highest BCUT2D eigenvalue weighted by Gasteiger charge is 2.24. The Bertz CT molecular complexity index is 876. The molecule has 0 radical (unpaired) electrons. The summed E-state index contributed by atoms with van der Waals surface area (Å²) in [4.78, 5) is 11.5. The zero-order valence-corrected chi connectivity index (χ0v) is 17.9. The second-order valence-electron chi connectivity index (χ2n) is 6.67. The van der Waals surface area contributed by atoms with Gasteiger partial charge in [-0.2, -0.15) is 0 Å². The summed E-state index contributed by atoms with van der Waals surface area (Å²) in [5, 5.41) is 6.60. The van der Waals surface area contributed by atoms with Crippen LogP contribution < -0.4 is 14.8 Å². The Morgan fingerprint density at radius 2 is 2.03 bits per heavy atom. The number of aromatic nitrogens is 2. The maximum absolute atomic E-state index is 5.85. The minimum atomic E-state index is 0. The molecule has 2 aromatic heterocycles. The van der Waals surface area contributed by atoms with Crippen LogP contribution >= 0.6 is 23.7 Å². The lowest BCUT2D eigenvalue weighted by Gasteiger charge is -2.35. The van der Waals surface area contributed by atoms with Crippen LogP contribution in [0, 0.1) is 0 Å². The van der Waals surface area contributed by atoms with Crippen LogP contribution in [0.25, 0.3) is 0 Å². The zero-order chi connectivity index (χ0) is 19.2. The fourth-order valence-electron chi connectivity index (χ4n) is 3.35. The molecule has 3 aromatic rings. The molecule has 1 aliphatic rings. The molecule has 1 fully saturated rings. The van der Waals surface area contributed by atoms with Gasteiger partial charge in [0.25, 0.3) is 0 Å². The van der Waals surface area contributed by atoms with Gasteiger partial charge in [0.1, 0.15) is 23.1 Å². The second kappa shape index (κ2) is 10.5. The van der Waals surface area contributed by atoms with E-state index in [-0.39, 0.29) is 12.4 Å². The number of hydrogen-bond acceptors (Lipinski definition) is 7. The van der Waals surface area contributed by atoms with Crippen LogP contribution in [-0.2, 0) is 13.2 Å². The van der Waals surface area contributed by atoms with Gasteiger partial charge >= 0.3 is 0 Å². The van der Waals surface area contributed by atoms with Gasteiger partial charge in [0.2, 0.25) is 0 Å². The first-order chi connectivity index (χ1) is 13.8. The first-order valence-electron chi connectivity index (χ1n) is 9.36. The molecule has 0 spiro atoms. The first-order valence-corrected chi connectivity index (χ1v) is 10.2. The van der Waals surface area contributed by atoms with E-state index in [1.807, 2.05) is 42.7 Å². The molecule has 3 heterocycles. The molecule has 4 rings (SSSR count). The monoisotopic (exact) mass is 432 g/mol. The number of thiazole rings is 1. The molecule has 29 heavy (non-hydrogen) atoms. The van der Waals surface area contributed by atoms with Crippen molar-refractivity contribution in [3.8, 4) is 11.5 Å². The number of hydrogen-bond donors (Lipinski definition) is 1. The van der Waals surface area contributed by atoms with Gasteiger partial charge in [-0.05, 0) is 35.9 Å². The molecule has 1 aromatic carbocycles. The maximum atomic E-state index is 5.85. The van der Waals surface area contributed by atoms with Crippen molar-refractivity contribution in [3.05, 3.63) is 70.4 Å². The standard InChI is InChI=1S/C21H24N4O2S.ClH/c1-26-18-4-6-19(7-5-18)27-14-21-24-17(15-28-21)13-25-10-9-23-12-20(25)16-3-2-8-22-11-16;/h2-8,11,15,20,23H,9-10,12-14H2,1H3;1H. The normalized spacial score (nSPS) is 16.8. The van der Waals surface area contributed by atoms with E-state index < -0.39 is 0 Å². The molecule has 0 bridgehead atoms. The molecular weight excluding hydrogens is 408 g/mol. The van der Waals surface area contributed by atoms with Crippen molar-refractivity contribution in [3.63, 3.8) is 0 Å². The average Bonchev–Trinajstić information content (AvgIpc) is 3.21. The van der Waals surface area contributed by atoms with E-state index in [1.54, 1.807) is 18.4 Å². The van der Waals surface area contributed by atoms with E-state index in [4.69, 9.17) is 14.5 Å². The number of methoxy groups -OCH3 is 1. The lowest BCUT2D eigenvalue weighted by Crippen LogP contribution is -2.45. The smallest absolute Gasteiger partial charge is 0.140 e. The van der Waals surface area contributed by atoms with Gasteiger partial charge in [-0.1, -0.05) is 6.07 Å². The van der Waals surface area contributed by atoms with Gasteiger partial charge in [0.05, 0.1) is 12.8 Å². The fourth-order valence-corrected chi connectivity index (χ4v) is 4.05. The van der Waals surface area contributed by atoms with Crippen LogP contribution in [-0.4, -0.2) is 41.6 Å². The summed E-state index contributed by atoms with van der Waals surface area (Å²) in [7, 11) is 1.66. The van der Waals surface area contributed by atoms with Crippen molar-refractivity contribution in [2.75, 3.05) is 26.7 Å². The Kier molecular flexibility index (Phi) is 7.83. The third-order valence-electron chi connectivity index (χ3n) is 4.81. The average molecular weight is 433 g/mol. The molecule has 1 unspecified atom stereocenters.